The Morgan fingerprint density at radius 2 is 1.90 bits per heavy atom. The first kappa shape index (κ1) is 15.5. The summed E-state index contributed by atoms with van der Waals surface area (Å²) in [4.78, 5) is 0. The Bertz CT molecular complexity index is 617. The van der Waals surface area contributed by atoms with Crippen LogP contribution >= 0.6 is 11.6 Å². The molecule has 0 radical (unpaired) electrons. The van der Waals surface area contributed by atoms with Crippen LogP contribution in [0.3, 0.4) is 0 Å². The Kier molecular flexibility index (Phi) is 4.98. The van der Waals surface area contributed by atoms with Crippen molar-refractivity contribution in [2.75, 3.05) is 19.0 Å². The molecule has 112 valence electrons. The molecule has 2 rings (SSSR count). The molecule has 0 spiro atoms. The predicted molar refractivity (Wildman–Crippen MR) is 77.8 cm³/mol. The minimum absolute atomic E-state index is 0.0550. The predicted octanol–water partition coefficient (Wildman–Crippen LogP) is 3.77. The number of nitrogens with one attached hydrogen (secondary N) is 1. The lowest BCUT2D eigenvalue weighted by atomic mass is 10.1. The lowest BCUT2D eigenvalue weighted by molar-refractivity contribution is 0.181. The molecule has 0 fully saturated rings. The summed E-state index contributed by atoms with van der Waals surface area (Å²) < 4.78 is 32.1. The summed E-state index contributed by atoms with van der Waals surface area (Å²) in [6.07, 6.45) is -1.31. The van der Waals surface area contributed by atoms with Crippen LogP contribution in [0.15, 0.2) is 36.4 Å². The summed E-state index contributed by atoms with van der Waals surface area (Å²) in [5, 5.41) is 13.2. The van der Waals surface area contributed by atoms with Gasteiger partial charge >= 0.3 is 0 Å². The molecule has 1 atom stereocenters. The molecule has 2 aromatic carbocycles. The summed E-state index contributed by atoms with van der Waals surface area (Å²) in [5.74, 6) is -1.04. The third-order valence-electron chi connectivity index (χ3n) is 2.98. The highest BCUT2D eigenvalue weighted by molar-refractivity contribution is 6.32. The molecule has 2 N–H and O–H groups in total. The first-order valence-electron chi connectivity index (χ1n) is 6.22. The van der Waals surface area contributed by atoms with E-state index in [9.17, 15) is 13.9 Å². The van der Waals surface area contributed by atoms with E-state index in [0.29, 0.717) is 16.5 Å². The van der Waals surface area contributed by atoms with E-state index in [1.807, 2.05) is 0 Å². The molecule has 0 aliphatic rings. The van der Waals surface area contributed by atoms with Crippen LogP contribution in [0.1, 0.15) is 11.7 Å². The van der Waals surface area contributed by atoms with Gasteiger partial charge in [0.05, 0.1) is 17.7 Å². The van der Waals surface area contributed by atoms with Gasteiger partial charge in [-0.25, -0.2) is 8.78 Å². The second-order valence-electron chi connectivity index (χ2n) is 4.38. The normalized spacial score (nSPS) is 12.0. The summed E-state index contributed by atoms with van der Waals surface area (Å²) in [6.45, 7) is -0.0550. The second-order valence-corrected chi connectivity index (χ2v) is 4.79. The molecule has 3 nitrogen and oxygen atoms in total. The summed E-state index contributed by atoms with van der Waals surface area (Å²) in [6, 6.07) is 8.40. The van der Waals surface area contributed by atoms with E-state index in [4.69, 9.17) is 16.3 Å². The van der Waals surface area contributed by atoms with Gasteiger partial charge in [0.15, 0.2) is 0 Å². The maximum atomic E-state index is 13.5. The van der Waals surface area contributed by atoms with E-state index in [0.717, 1.165) is 12.1 Å². The highest BCUT2D eigenvalue weighted by atomic mass is 35.5. The molecule has 0 saturated carbocycles. The number of benzene rings is 2. The number of halogens is 3. The van der Waals surface area contributed by atoms with Crippen molar-refractivity contribution in [3.8, 4) is 5.75 Å². The van der Waals surface area contributed by atoms with Crippen molar-refractivity contribution in [2.24, 2.45) is 0 Å². The van der Waals surface area contributed by atoms with Crippen LogP contribution in [0.25, 0.3) is 0 Å². The van der Waals surface area contributed by atoms with Crippen molar-refractivity contribution in [1.29, 1.82) is 0 Å². The zero-order valence-corrected chi connectivity index (χ0v) is 12.0. The molecular weight excluding hydrogens is 300 g/mol. The Balaban J connectivity index is 2.07. The quantitative estimate of drug-likeness (QED) is 0.883. The van der Waals surface area contributed by atoms with E-state index in [1.54, 1.807) is 18.2 Å². The minimum atomic E-state index is -1.31. The van der Waals surface area contributed by atoms with E-state index < -0.39 is 17.7 Å². The number of methoxy groups -OCH3 is 1. The highest BCUT2D eigenvalue weighted by Gasteiger charge is 2.17. The zero-order chi connectivity index (χ0) is 15.4. The number of aliphatic hydroxyl groups excluding tert-OH is 1. The minimum Gasteiger partial charge on any atom is -0.495 e. The van der Waals surface area contributed by atoms with Crippen molar-refractivity contribution in [3.63, 3.8) is 0 Å². The monoisotopic (exact) mass is 313 g/mol. The molecule has 0 aliphatic carbocycles. The molecule has 0 bridgehead atoms. The van der Waals surface area contributed by atoms with Crippen LogP contribution in [0, 0.1) is 11.6 Å². The van der Waals surface area contributed by atoms with E-state index in [2.05, 4.69) is 5.32 Å². The maximum Gasteiger partial charge on any atom is 0.137 e. The van der Waals surface area contributed by atoms with Gasteiger partial charge in [0.1, 0.15) is 23.5 Å². The van der Waals surface area contributed by atoms with Gasteiger partial charge < -0.3 is 15.2 Å². The Hall–Kier alpha value is -1.85. The largest absolute Gasteiger partial charge is 0.495 e. The van der Waals surface area contributed by atoms with Gasteiger partial charge in [-0.15, -0.1) is 0 Å². The van der Waals surface area contributed by atoms with Gasteiger partial charge in [-0.05, 0) is 30.3 Å². The fourth-order valence-corrected chi connectivity index (χ4v) is 2.18. The molecule has 6 heteroatoms. The molecule has 0 aromatic heterocycles. The van der Waals surface area contributed by atoms with Crippen molar-refractivity contribution in [1.82, 2.24) is 0 Å². The lowest BCUT2D eigenvalue weighted by Gasteiger charge is -2.15. The molecule has 0 saturated heterocycles. The molecule has 21 heavy (non-hydrogen) atoms. The number of aliphatic hydroxyl groups is 1. The first-order chi connectivity index (χ1) is 10.0. The second kappa shape index (κ2) is 6.74. The van der Waals surface area contributed by atoms with Gasteiger partial charge in [-0.2, -0.15) is 0 Å². The Morgan fingerprint density at radius 1 is 1.24 bits per heavy atom. The van der Waals surface area contributed by atoms with Gasteiger partial charge in [0.25, 0.3) is 0 Å². The van der Waals surface area contributed by atoms with Gasteiger partial charge in [0, 0.05) is 12.2 Å². The van der Waals surface area contributed by atoms with E-state index in [-0.39, 0.29) is 12.1 Å². The average Bonchev–Trinajstić information content (AvgIpc) is 2.45. The third kappa shape index (κ3) is 3.62. The van der Waals surface area contributed by atoms with Crippen LogP contribution in [-0.2, 0) is 0 Å². The molecule has 0 heterocycles. The zero-order valence-electron chi connectivity index (χ0n) is 11.2. The fourth-order valence-electron chi connectivity index (χ4n) is 1.92. The number of hydrogen-bond donors (Lipinski definition) is 2. The lowest BCUT2D eigenvalue weighted by Crippen LogP contribution is -2.15. The van der Waals surface area contributed by atoms with Crippen molar-refractivity contribution >= 4 is 17.3 Å². The standard InChI is InChI=1S/C15H14ClF2NO2/c1-21-14-6-5-9(7-10(14)16)19-8-13(20)15-11(17)3-2-4-12(15)18/h2-7,13,19-20H,8H2,1H3. The number of rotatable bonds is 5. The fraction of sp³-hybridized carbons (Fsp3) is 0.200. The Labute approximate surface area is 126 Å². The number of hydrogen-bond acceptors (Lipinski definition) is 3. The average molecular weight is 314 g/mol. The van der Waals surface area contributed by atoms with E-state index >= 15 is 0 Å². The third-order valence-corrected chi connectivity index (χ3v) is 3.28. The van der Waals surface area contributed by atoms with Crippen molar-refractivity contribution < 1.29 is 18.6 Å². The van der Waals surface area contributed by atoms with E-state index in [1.165, 1.54) is 13.2 Å². The SMILES string of the molecule is COc1ccc(NCC(O)c2c(F)cccc2F)cc1Cl. The molecular formula is C15H14ClF2NO2. The maximum absolute atomic E-state index is 13.5. The summed E-state index contributed by atoms with van der Waals surface area (Å²) in [7, 11) is 1.50. The topological polar surface area (TPSA) is 41.5 Å². The van der Waals surface area contributed by atoms with Crippen LogP contribution in [-0.4, -0.2) is 18.8 Å². The van der Waals surface area contributed by atoms with Gasteiger partial charge in [-0.3, -0.25) is 0 Å². The van der Waals surface area contributed by atoms with Crippen LogP contribution in [0.2, 0.25) is 5.02 Å². The van der Waals surface area contributed by atoms with Crippen molar-refractivity contribution in [3.05, 3.63) is 58.6 Å². The summed E-state index contributed by atoms with van der Waals surface area (Å²) in [5.41, 5.74) is 0.251. The van der Waals surface area contributed by atoms with Crippen LogP contribution in [0.5, 0.6) is 5.75 Å². The van der Waals surface area contributed by atoms with Crippen LogP contribution in [0.4, 0.5) is 14.5 Å². The number of ether oxygens (including phenoxy) is 1. The van der Waals surface area contributed by atoms with Gasteiger partial charge in [-0.1, -0.05) is 17.7 Å². The van der Waals surface area contributed by atoms with Crippen LogP contribution < -0.4 is 10.1 Å². The van der Waals surface area contributed by atoms with Crippen molar-refractivity contribution in [2.45, 2.75) is 6.10 Å². The molecule has 2 aromatic rings. The highest BCUT2D eigenvalue weighted by Crippen LogP contribution is 2.28. The molecule has 0 amide bonds. The summed E-state index contributed by atoms with van der Waals surface area (Å²) >= 11 is 5.96. The Morgan fingerprint density at radius 3 is 2.48 bits per heavy atom. The smallest absolute Gasteiger partial charge is 0.137 e. The first-order valence-corrected chi connectivity index (χ1v) is 6.60. The number of anilines is 1. The molecule has 0 aliphatic heterocycles. The van der Waals surface area contributed by atoms with Gasteiger partial charge in [0.2, 0.25) is 0 Å². The molecule has 1 unspecified atom stereocenters.